The maximum Gasteiger partial charge on any atom is 0.337 e. The Balaban J connectivity index is 2.63. The highest BCUT2D eigenvalue weighted by atomic mass is 16.4. The predicted octanol–water partition coefficient (Wildman–Crippen LogP) is 3.70. The lowest BCUT2D eigenvalue weighted by Crippen LogP contribution is -2.02. The Morgan fingerprint density at radius 3 is 2.58 bits per heavy atom. The summed E-state index contributed by atoms with van der Waals surface area (Å²) >= 11 is 0. The van der Waals surface area contributed by atoms with Gasteiger partial charge in [-0.3, -0.25) is 0 Å². The van der Waals surface area contributed by atoms with E-state index in [1.54, 1.807) is 0 Å². The Kier molecular flexibility index (Phi) is 2.49. The van der Waals surface area contributed by atoms with Crippen LogP contribution in [-0.4, -0.2) is 16.1 Å². The van der Waals surface area contributed by atoms with Gasteiger partial charge in [-0.2, -0.15) is 0 Å². The van der Waals surface area contributed by atoms with E-state index in [4.69, 9.17) is 0 Å². The number of aryl methyl sites for hydroxylation is 2. The van der Waals surface area contributed by atoms with Crippen LogP contribution in [0.1, 0.15) is 21.5 Å². The number of hydrogen-bond donors (Lipinski definition) is 1. The van der Waals surface area contributed by atoms with Gasteiger partial charge < -0.3 is 5.11 Å². The van der Waals surface area contributed by atoms with Gasteiger partial charge in [0.1, 0.15) is 0 Å². The molecule has 1 N–H and O–H groups in total. The Bertz CT molecular complexity index is 822. The third-order valence-electron chi connectivity index (χ3n) is 3.34. The minimum absolute atomic E-state index is 0.345. The number of hydrogen-bond acceptors (Lipinski definition) is 2. The van der Waals surface area contributed by atoms with Crippen molar-refractivity contribution >= 4 is 27.8 Å². The molecule has 0 aliphatic heterocycles. The summed E-state index contributed by atoms with van der Waals surface area (Å²) in [4.78, 5) is 16.2. The number of aromatic nitrogens is 1. The fraction of sp³-hybridized carbons (Fsp3) is 0.125. The molecule has 3 rings (SSSR count). The molecule has 0 radical (unpaired) electrons. The predicted molar refractivity (Wildman–Crippen MR) is 75.7 cm³/mol. The van der Waals surface area contributed by atoms with Gasteiger partial charge in [0.25, 0.3) is 0 Å². The Morgan fingerprint density at radius 1 is 1.11 bits per heavy atom. The summed E-state index contributed by atoms with van der Waals surface area (Å²) in [6.45, 7) is 3.92. The second kappa shape index (κ2) is 4.05. The van der Waals surface area contributed by atoms with Crippen LogP contribution in [0.15, 0.2) is 36.4 Å². The van der Waals surface area contributed by atoms with Crippen LogP contribution >= 0.6 is 0 Å². The van der Waals surface area contributed by atoms with Crippen LogP contribution < -0.4 is 0 Å². The average molecular weight is 251 g/mol. The number of rotatable bonds is 1. The first kappa shape index (κ1) is 11.7. The fourth-order valence-electron chi connectivity index (χ4n) is 2.63. The Labute approximate surface area is 110 Å². The third-order valence-corrected chi connectivity index (χ3v) is 3.34. The summed E-state index contributed by atoms with van der Waals surface area (Å²) in [6.07, 6.45) is 0. The van der Waals surface area contributed by atoms with E-state index >= 15 is 0 Å². The van der Waals surface area contributed by atoms with Crippen LogP contribution in [0.4, 0.5) is 0 Å². The van der Waals surface area contributed by atoms with E-state index in [2.05, 4.69) is 4.98 Å². The van der Waals surface area contributed by atoms with Crippen LogP contribution in [0.25, 0.3) is 21.8 Å². The highest BCUT2D eigenvalue weighted by Crippen LogP contribution is 2.29. The number of fused-ring (bicyclic) bond motifs is 2. The molecule has 2 aromatic carbocycles. The molecule has 0 spiro atoms. The van der Waals surface area contributed by atoms with E-state index in [9.17, 15) is 9.90 Å². The zero-order chi connectivity index (χ0) is 13.6. The fourth-order valence-corrected chi connectivity index (χ4v) is 2.63. The molecule has 0 aliphatic rings. The number of carbonyl (C=O) groups is 1. The number of pyridine rings is 1. The Morgan fingerprint density at radius 2 is 1.84 bits per heavy atom. The molecule has 1 aromatic heterocycles. The van der Waals surface area contributed by atoms with E-state index in [1.807, 2.05) is 50.2 Å². The molecular formula is C16H13NO2. The van der Waals surface area contributed by atoms with Crippen LogP contribution in [0.5, 0.6) is 0 Å². The molecule has 1 heterocycles. The molecule has 3 aromatic rings. The van der Waals surface area contributed by atoms with Gasteiger partial charge in [0.15, 0.2) is 0 Å². The SMILES string of the molecule is Cc1cc(C)c2c(C(=O)O)c3ccccc3nc2c1. The van der Waals surface area contributed by atoms with Gasteiger partial charge in [-0.25, -0.2) is 9.78 Å². The van der Waals surface area contributed by atoms with Crippen LogP contribution in [0, 0.1) is 13.8 Å². The quantitative estimate of drug-likeness (QED) is 0.671. The molecule has 0 unspecified atom stereocenters. The number of carboxylic acids is 1. The van der Waals surface area contributed by atoms with Crippen molar-refractivity contribution < 1.29 is 9.90 Å². The highest BCUT2D eigenvalue weighted by molar-refractivity contribution is 6.14. The maximum absolute atomic E-state index is 11.6. The van der Waals surface area contributed by atoms with Crippen LogP contribution in [0.2, 0.25) is 0 Å². The zero-order valence-electron chi connectivity index (χ0n) is 10.8. The van der Waals surface area contributed by atoms with Crippen molar-refractivity contribution in [1.29, 1.82) is 0 Å². The summed E-state index contributed by atoms with van der Waals surface area (Å²) in [5.41, 5.74) is 3.85. The minimum Gasteiger partial charge on any atom is -0.478 e. The second-order valence-corrected chi connectivity index (χ2v) is 4.79. The van der Waals surface area contributed by atoms with Crippen molar-refractivity contribution in [2.75, 3.05) is 0 Å². The van der Waals surface area contributed by atoms with E-state index in [0.29, 0.717) is 10.9 Å². The van der Waals surface area contributed by atoms with Crippen molar-refractivity contribution in [3.05, 3.63) is 53.1 Å². The van der Waals surface area contributed by atoms with E-state index < -0.39 is 5.97 Å². The van der Waals surface area contributed by atoms with E-state index in [0.717, 1.165) is 27.5 Å². The summed E-state index contributed by atoms with van der Waals surface area (Å²) in [5.74, 6) is -0.907. The molecule has 3 nitrogen and oxygen atoms in total. The number of carboxylic acid groups (broad SMARTS) is 1. The van der Waals surface area contributed by atoms with Crippen molar-refractivity contribution in [2.45, 2.75) is 13.8 Å². The normalized spacial score (nSPS) is 11.1. The number of aromatic carboxylic acids is 1. The van der Waals surface area contributed by atoms with E-state index in [-0.39, 0.29) is 0 Å². The molecule has 0 aliphatic carbocycles. The molecule has 19 heavy (non-hydrogen) atoms. The van der Waals surface area contributed by atoms with Crippen molar-refractivity contribution in [3.63, 3.8) is 0 Å². The summed E-state index contributed by atoms with van der Waals surface area (Å²) in [7, 11) is 0. The number of para-hydroxylation sites is 1. The average Bonchev–Trinajstić information content (AvgIpc) is 2.35. The number of nitrogens with zero attached hydrogens (tertiary/aromatic N) is 1. The molecule has 0 fully saturated rings. The second-order valence-electron chi connectivity index (χ2n) is 4.79. The van der Waals surface area contributed by atoms with Gasteiger partial charge in [-0.15, -0.1) is 0 Å². The van der Waals surface area contributed by atoms with Crippen molar-refractivity contribution in [2.24, 2.45) is 0 Å². The first-order valence-corrected chi connectivity index (χ1v) is 6.11. The summed E-state index contributed by atoms with van der Waals surface area (Å²) < 4.78 is 0. The van der Waals surface area contributed by atoms with Crippen LogP contribution in [-0.2, 0) is 0 Å². The lowest BCUT2D eigenvalue weighted by molar-refractivity contribution is 0.0701. The van der Waals surface area contributed by atoms with Crippen molar-refractivity contribution in [3.8, 4) is 0 Å². The Hall–Kier alpha value is -2.42. The molecule has 0 saturated carbocycles. The first-order chi connectivity index (χ1) is 9.08. The largest absolute Gasteiger partial charge is 0.478 e. The van der Waals surface area contributed by atoms with Gasteiger partial charge >= 0.3 is 5.97 Å². The van der Waals surface area contributed by atoms with Gasteiger partial charge in [-0.1, -0.05) is 24.3 Å². The molecule has 94 valence electrons. The summed E-state index contributed by atoms with van der Waals surface area (Å²) in [6, 6.07) is 11.3. The van der Waals surface area contributed by atoms with Gasteiger partial charge in [-0.05, 0) is 37.1 Å². The molecule has 0 atom stereocenters. The van der Waals surface area contributed by atoms with Crippen LogP contribution in [0.3, 0.4) is 0 Å². The third kappa shape index (κ3) is 1.74. The minimum atomic E-state index is -0.907. The lowest BCUT2D eigenvalue weighted by atomic mass is 9.97. The van der Waals surface area contributed by atoms with Gasteiger partial charge in [0.05, 0.1) is 16.6 Å². The molecular weight excluding hydrogens is 238 g/mol. The van der Waals surface area contributed by atoms with Crippen molar-refractivity contribution in [1.82, 2.24) is 4.98 Å². The lowest BCUT2D eigenvalue weighted by Gasteiger charge is -2.10. The van der Waals surface area contributed by atoms with E-state index in [1.165, 1.54) is 0 Å². The highest BCUT2D eigenvalue weighted by Gasteiger charge is 2.16. The molecule has 3 heteroatoms. The molecule has 0 amide bonds. The topological polar surface area (TPSA) is 50.2 Å². The van der Waals surface area contributed by atoms with Gasteiger partial charge in [0, 0.05) is 10.8 Å². The summed E-state index contributed by atoms with van der Waals surface area (Å²) in [5, 5.41) is 11.0. The van der Waals surface area contributed by atoms with Gasteiger partial charge in [0.2, 0.25) is 0 Å². The molecule has 0 saturated heterocycles. The molecule has 0 bridgehead atoms. The maximum atomic E-state index is 11.6. The first-order valence-electron chi connectivity index (χ1n) is 6.11. The number of benzene rings is 2. The smallest absolute Gasteiger partial charge is 0.337 e. The zero-order valence-corrected chi connectivity index (χ0v) is 10.8. The standard InChI is InChI=1S/C16H13NO2/c1-9-7-10(2)14-13(8-9)17-12-6-4-3-5-11(12)15(14)16(18)19/h3-8H,1-2H3,(H,18,19). The monoisotopic (exact) mass is 251 g/mol.